The summed E-state index contributed by atoms with van der Waals surface area (Å²) in [6.45, 7) is 1.32. The molecule has 0 spiro atoms. The van der Waals surface area contributed by atoms with Gasteiger partial charge in [-0.3, -0.25) is 9.59 Å². The molecule has 2 fully saturated rings. The summed E-state index contributed by atoms with van der Waals surface area (Å²) >= 11 is 6.12. The number of rotatable bonds is 5. The minimum absolute atomic E-state index is 0. The molecule has 2 aliphatic rings. The molecule has 1 aromatic rings. The lowest BCUT2D eigenvalue weighted by atomic mass is 9.79. The molecule has 3 rings (SSSR count). The summed E-state index contributed by atoms with van der Waals surface area (Å²) in [6.07, 6.45) is 3.19. The number of nitrogens with one attached hydrogen (secondary N) is 2. The van der Waals surface area contributed by atoms with Gasteiger partial charge in [-0.15, -0.1) is 12.4 Å². The van der Waals surface area contributed by atoms with E-state index in [1.165, 1.54) is 0 Å². The Hall–Kier alpha value is -1.34. The van der Waals surface area contributed by atoms with Gasteiger partial charge in [0.2, 0.25) is 5.91 Å². The summed E-state index contributed by atoms with van der Waals surface area (Å²) in [6, 6.07) is 5.17. The predicted octanol–water partition coefficient (Wildman–Crippen LogP) is 2.35. The van der Waals surface area contributed by atoms with E-state index in [1.54, 1.807) is 18.2 Å². The molecular weight excluding hydrogens is 365 g/mol. The minimum atomic E-state index is -0.617. The molecule has 1 saturated carbocycles. The van der Waals surface area contributed by atoms with Gasteiger partial charge >= 0.3 is 0 Å². The van der Waals surface area contributed by atoms with E-state index in [0.717, 1.165) is 12.8 Å². The van der Waals surface area contributed by atoms with Crippen LogP contribution in [-0.4, -0.2) is 37.6 Å². The number of carbonyl (C=O) groups is 2. The van der Waals surface area contributed by atoms with Crippen LogP contribution in [0.3, 0.4) is 0 Å². The number of hydrogen-bond acceptors (Lipinski definition) is 4. The number of amides is 2. The smallest absolute Gasteiger partial charge is 0.253 e. The Balaban J connectivity index is 0.00000225. The Kier molecular flexibility index (Phi) is 6.68. The van der Waals surface area contributed by atoms with Gasteiger partial charge < -0.3 is 21.1 Å². The third kappa shape index (κ3) is 4.64. The van der Waals surface area contributed by atoms with Crippen molar-refractivity contribution in [2.45, 2.75) is 31.7 Å². The van der Waals surface area contributed by atoms with Gasteiger partial charge in [0.1, 0.15) is 0 Å². The lowest BCUT2D eigenvalue weighted by Crippen LogP contribution is -2.46. The molecular formula is C17H23Cl2N3O3. The molecule has 8 heteroatoms. The van der Waals surface area contributed by atoms with Crippen molar-refractivity contribution in [2.24, 2.45) is 11.1 Å². The molecule has 0 unspecified atom stereocenters. The van der Waals surface area contributed by atoms with Crippen molar-refractivity contribution in [3.8, 4) is 0 Å². The van der Waals surface area contributed by atoms with Crippen molar-refractivity contribution < 1.29 is 14.3 Å². The first kappa shape index (κ1) is 20.0. The second-order valence-electron chi connectivity index (χ2n) is 6.49. The number of anilines is 1. The monoisotopic (exact) mass is 387 g/mol. The van der Waals surface area contributed by atoms with Crippen LogP contribution in [-0.2, 0) is 9.53 Å². The highest BCUT2D eigenvalue weighted by Gasteiger charge is 2.38. The van der Waals surface area contributed by atoms with Crippen LogP contribution in [0.25, 0.3) is 0 Å². The van der Waals surface area contributed by atoms with Crippen LogP contribution in [0.4, 0.5) is 5.69 Å². The third-order valence-electron chi connectivity index (χ3n) is 4.70. The van der Waals surface area contributed by atoms with Crippen LogP contribution in [0.1, 0.15) is 36.0 Å². The summed E-state index contributed by atoms with van der Waals surface area (Å²) in [5.41, 5.74) is 6.15. The van der Waals surface area contributed by atoms with Gasteiger partial charge in [0.25, 0.3) is 5.91 Å². The van der Waals surface area contributed by atoms with Gasteiger partial charge in [0, 0.05) is 31.5 Å². The van der Waals surface area contributed by atoms with Crippen molar-refractivity contribution >= 4 is 41.5 Å². The second-order valence-corrected chi connectivity index (χ2v) is 6.90. The van der Waals surface area contributed by atoms with Gasteiger partial charge in [-0.2, -0.15) is 0 Å². The Morgan fingerprint density at radius 3 is 2.56 bits per heavy atom. The molecule has 1 aliphatic carbocycles. The maximum Gasteiger partial charge on any atom is 0.253 e. The fourth-order valence-corrected chi connectivity index (χ4v) is 3.02. The average molecular weight is 388 g/mol. The summed E-state index contributed by atoms with van der Waals surface area (Å²) in [4.78, 5) is 24.9. The summed E-state index contributed by atoms with van der Waals surface area (Å²) < 4.78 is 5.33. The standard InChI is InChI=1S/C17H22ClN3O3.ClH/c18-14-4-3-12(9-13(14)15(22)20-11-1-2-11)21-16(23)17(10-19)5-7-24-8-6-17;/h3-4,9,11H,1-2,5-8,10,19H2,(H,20,22)(H,21,23);1H. The van der Waals surface area contributed by atoms with Crippen molar-refractivity contribution in [2.75, 3.05) is 25.1 Å². The molecule has 6 nitrogen and oxygen atoms in total. The Labute approximate surface area is 158 Å². The largest absolute Gasteiger partial charge is 0.381 e. The van der Waals surface area contributed by atoms with Crippen LogP contribution in [0.15, 0.2) is 18.2 Å². The van der Waals surface area contributed by atoms with E-state index in [4.69, 9.17) is 22.1 Å². The van der Waals surface area contributed by atoms with Crippen molar-refractivity contribution in [1.82, 2.24) is 5.32 Å². The Morgan fingerprint density at radius 2 is 1.96 bits per heavy atom. The Bertz CT molecular complexity index is 644. The number of ether oxygens (including phenoxy) is 1. The molecule has 0 bridgehead atoms. The molecule has 25 heavy (non-hydrogen) atoms. The fourth-order valence-electron chi connectivity index (χ4n) is 2.82. The zero-order valence-corrected chi connectivity index (χ0v) is 15.4. The maximum atomic E-state index is 12.7. The molecule has 0 radical (unpaired) electrons. The first-order valence-corrected chi connectivity index (χ1v) is 8.61. The van der Waals surface area contributed by atoms with E-state index < -0.39 is 5.41 Å². The minimum Gasteiger partial charge on any atom is -0.381 e. The quantitative estimate of drug-likeness (QED) is 0.722. The summed E-state index contributed by atoms with van der Waals surface area (Å²) in [5.74, 6) is -0.345. The average Bonchev–Trinajstić information content (AvgIpc) is 3.41. The highest BCUT2D eigenvalue weighted by molar-refractivity contribution is 6.34. The number of benzene rings is 1. The van der Waals surface area contributed by atoms with Crippen LogP contribution >= 0.6 is 24.0 Å². The van der Waals surface area contributed by atoms with Gasteiger partial charge in [-0.05, 0) is 43.9 Å². The molecule has 138 valence electrons. The van der Waals surface area contributed by atoms with E-state index in [9.17, 15) is 9.59 Å². The van der Waals surface area contributed by atoms with Gasteiger partial charge in [-0.1, -0.05) is 11.6 Å². The summed E-state index contributed by atoms with van der Waals surface area (Å²) in [7, 11) is 0. The first-order chi connectivity index (χ1) is 11.5. The lowest BCUT2D eigenvalue weighted by molar-refractivity contribution is -0.130. The summed E-state index contributed by atoms with van der Waals surface area (Å²) in [5, 5.41) is 6.15. The zero-order valence-electron chi connectivity index (χ0n) is 13.8. The predicted molar refractivity (Wildman–Crippen MR) is 99.4 cm³/mol. The lowest BCUT2D eigenvalue weighted by Gasteiger charge is -2.34. The zero-order chi connectivity index (χ0) is 17.2. The maximum absolute atomic E-state index is 12.7. The molecule has 1 heterocycles. The molecule has 0 aromatic heterocycles. The topological polar surface area (TPSA) is 93.5 Å². The van der Waals surface area contributed by atoms with E-state index in [-0.39, 0.29) is 36.8 Å². The normalized spacial score (nSPS) is 18.8. The van der Waals surface area contributed by atoms with E-state index >= 15 is 0 Å². The van der Waals surface area contributed by atoms with Crippen molar-refractivity contribution in [3.63, 3.8) is 0 Å². The number of carbonyl (C=O) groups excluding carboxylic acids is 2. The number of halogens is 2. The second kappa shape index (κ2) is 8.36. The van der Waals surface area contributed by atoms with Crippen LogP contribution < -0.4 is 16.4 Å². The molecule has 1 aliphatic heterocycles. The van der Waals surface area contributed by atoms with Gasteiger partial charge in [0.15, 0.2) is 0 Å². The first-order valence-electron chi connectivity index (χ1n) is 8.24. The SMILES string of the molecule is Cl.NCC1(C(=O)Nc2ccc(Cl)c(C(=O)NC3CC3)c2)CCOCC1. The molecule has 1 aromatic carbocycles. The highest BCUT2D eigenvalue weighted by atomic mass is 35.5. The molecule has 2 amide bonds. The molecule has 4 N–H and O–H groups in total. The van der Waals surface area contributed by atoms with E-state index in [0.29, 0.717) is 42.3 Å². The van der Waals surface area contributed by atoms with Crippen LogP contribution in [0.2, 0.25) is 5.02 Å². The highest BCUT2D eigenvalue weighted by Crippen LogP contribution is 2.31. The van der Waals surface area contributed by atoms with Crippen LogP contribution in [0, 0.1) is 5.41 Å². The van der Waals surface area contributed by atoms with Crippen molar-refractivity contribution in [1.29, 1.82) is 0 Å². The van der Waals surface area contributed by atoms with E-state index in [1.807, 2.05) is 0 Å². The number of nitrogens with two attached hydrogens (primary N) is 1. The molecule has 0 atom stereocenters. The van der Waals surface area contributed by atoms with Crippen molar-refractivity contribution in [3.05, 3.63) is 28.8 Å². The Morgan fingerprint density at radius 1 is 1.28 bits per heavy atom. The van der Waals surface area contributed by atoms with Gasteiger partial charge in [0.05, 0.1) is 16.0 Å². The van der Waals surface area contributed by atoms with Crippen LogP contribution in [0.5, 0.6) is 0 Å². The third-order valence-corrected chi connectivity index (χ3v) is 5.03. The number of hydrogen-bond donors (Lipinski definition) is 3. The van der Waals surface area contributed by atoms with Gasteiger partial charge in [-0.25, -0.2) is 0 Å². The fraction of sp³-hybridized carbons (Fsp3) is 0.529. The molecule has 1 saturated heterocycles. The van der Waals surface area contributed by atoms with E-state index in [2.05, 4.69) is 10.6 Å².